The highest BCUT2D eigenvalue weighted by atomic mass is 32.2. The average molecular weight is 340 g/mol. The molecule has 2 aromatic carbocycles. The minimum atomic E-state index is -6.00. The molecule has 0 fully saturated rings. The van der Waals surface area contributed by atoms with Crippen LogP contribution >= 0.6 is 0 Å². The van der Waals surface area contributed by atoms with Crippen LogP contribution in [0.3, 0.4) is 0 Å². The molecule has 2 aromatic rings. The van der Waals surface area contributed by atoms with Crippen LogP contribution in [-0.4, -0.2) is 7.25 Å². The van der Waals surface area contributed by atoms with Gasteiger partial charge in [0, 0.05) is 5.92 Å². The monoisotopic (exact) mass is 340 g/mol. The summed E-state index contributed by atoms with van der Waals surface area (Å²) in [5.41, 5.74) is 0. The number of hydrogen-bond acceptors (Lipinski definition) is 0. The van der Waals surface area contributed by atoms with E-state index in [9.17, 15) is 17.3 Å². The molecule has 0 N–H and O–H groups in total. The fourth-order valence-corrected chi connectivity index (χ4v) is 3.26. The van der Waals surface area contributed by atoms with Gasteiger partial charge in [0.15, 0.2) is 15.0 Å². The summed E-state index contributed by atoms with van der Waals surface area (Å²) in [4.78, 5) is 2.58. The fraction of sp³-hybridized carbons (Fsp3) is 0.176. The normalized spacial score (nSPS) is 10.6. The zero-order chi connectivity index (χ0) is 17.3. The lowest BCUT2D eigenvalue weighted by atomic mass is 10.2. The molecule has 6 heteroatoms. The van der Waals surface area contributed by atoms with Crippen LogP contribution in [0, 0.1) is 17.1 Å². The summed E-state index contributed by atoms with van der Waals surface area (Å²) in [6, 6.07) is 21.0. The van der Waals surface area contributed by atoms with Gasteiger partial charge in [-0.25, -0.2) is 0 Å². The van der Waals surface area contributed by atoms with Gasteiger partial charge in [0.2, 0.25) is 0 Å². The van der Waals surface area contributed by atoms with Gasteiger partial charge in [0.05, 0.1) is 0 Å². The van der Waals surface area contributed by atoms with E-state index in [1.807, 2.05) is 12.1 Å². The topological polar surface area (TPSA) is 0 Å². The molecule has 0 saturated carbocycles. The van der Waals surface area contributed by atoms with Crippen LogP contribution in [0.5, 0.6) is 0 Å². The molecule has 0 aliphatic rings. The van der Waals surface area contributed by atoms with Gasteiger partial charge in [-0.3, -0.25) is 0 Å². The smallest absolute Gasteiger partial charge is 0.418 e. The van der Waals surface area contributed by atoms with E-state index >= 15 is 0 Å². The van der Waals surface area contributed by atoms with Crippen molar-refractivity contribution in [2.45, 2.75) is 23.6 Å². The molecule has 0 aliphatic heterocycles. The zero-order valence-corrected chi connectivity index (χ0v) is 13.7. The van der Waals surface area contributed by atoms with Crippen LogP contribution in [-0.2, 0) is 10.9 Å². The van der Waals surface area contributed by atoms with E-state index < -0.39 is 7.25 Å². The molecule has 0 atom stereocenters. The van der Waals surface area contributed by atoms with Gasteiger partial charge in [0.1, 0.15) is 10.9 Å². The highest BCUT2D eigenvalue weighted by Crippen LogP contribution is 2.22. The average Bonchev–Trinajstić information content (AvgIpc) is 2.48. The Morgan fingerprint density at radius 2 is 1.13 bits per heavy atom. The predicted molar refractivity (Wildman–Crippen MR) is 89.6 cm³/mol. The lowest BCUT2D eigenvalue weighted by Crippen LogP contribution is -2.02. The summed E-state index contributed by atoms with van der Waals surface area (Å²) in [5.74, 6) is 3.71. The van der Waals surface area contributed by atoms with Crippen LogP contribution in [0.1, 0.15) is 13.8 Å². The minimum Gasteiger partial charge on any atom is -0.418 e. The molecule has 0 aromatic heterocycles. The maximum Gasteiger partial charge on any atom is 0.673 e. The Morgan fingerprint density at radius 1 is 0.783 bits per heavy atom. The third-order valence-corrected chi connectivity index (χ3v) is 4.22. The predicted octanol–water partition coefficient (Wildman–Crippen LogP) is 5.64. The van der Waals surface area contributed by atoms with Gasteiger partial charge in [-0.15, -0.1) is 0 Å². The van der Waals surface area contributed by atoms with E-state index in [1.165, 1.54) is 9.79 Å². The van der Waals surface area contributed by atoms with Crippen molar-refractivity contribution in [2.24, 2.45) is 5.92 Å². The highest BCUT2D eigenvalue weighted by Gasteiger charge is 2.23. The molecule has 0 amide bonds. The first kappa shape index (κ1) is 19.2. The lowest BCUT2D eigenvalue weighted by molar-refractivity contribution is 0.368. The second-order valence-corrected chi connectivity index (χ2v) is 6.59. The Labute approximate surface area is 137 Å². The lowest BCUT2D eigenvalue weighted by Gasteiger charge is -1.99. The summed E-state index contributed by atoms with van der Waals surface area (Å²) in [5, 5.41) is 3.43. The van der Waals surface area contributed by atoms with E-state index in [2.05, 4.69) is 73.6 Å². The van der Waals surface area contributed by atoms with Crippen LogP contribution in [0.2, 0.25) is 0 Å². The van der Waals surface area contributed by atoms with Crippen LogP contribution < -0.4 is 0 Å². The molecular weight excluding hydrogens is 323 g/mol. The van der Waals surface area contributed by atoms with Gasteiger partial charge < -0.3 is 17.3 Å². The molecule has 0 nitrogen and oxygen atoms in total. The Hall–Kier alpha value is -1.87. The summed E-state index contributed by atoms with van der Waals surface area (Å²) in [6.45, 7) is 4.26. The highest BCUT2D eigenvalue weighted by molar-refractivity contribution is 8.01. The molecule has 2 rings (SSSR count). The van der Waals surface area contributed by atoms with Crippen LogP contribution in [0.25, 0.3) is 0 Å². The van der Waals surface area contributed by atoms with E-state index in [0.717, 1.165) is 0 Å². The van der Waals surface area contributed by atoms with E-state index in [4.69, 9.17) is 0 Å². The van der Waals surface area contributed by atoms with Crippen LogP contribution in [0.4, 0.5) is 17.3 Å². The summed E-state index contributed by atoms with van der Waals surface area (Å²) >= 11 is 0. The first-order valence-corrected chi connectivity index (χ1v) is 8.22. The fourth-order valence-electron chi connectivity index (χ4n) is 1.54. The van der Waals surface area contributed by atoms with Gasteiger partial charge in [-0.1, -0.05) is 50.2 Å². The third kappa shape index (κ3) is 8.99. The molecule has 0 aliphatic carbocycles. The molecule has 0 unspecified atom stereocenters. The van der Waals surface area contributed by atoms with Crippen molar-refractivity contribution < 1.29 is 17.3 Å². The van der Waals surface area contributed by atoms with Crippen molar-refractivity contribution in [3.05, 3.63) is 60.7 Å². The number of rotatable bonds is 2. The Kier molecular flexibility index (Phi) is 7.77. The Bertz CT molecular complexity index is 585. The molecule has 23 heavy (non-hydrogen) atoms. The van der Waals surface area contributed by atoms with E-state index in [0.29, 0.717) is 5.92 Å². The van der Waals surface area contributed by atoms with Crippen molar-refractivity contribution in [2.75, 3.05) is 0 Å². The first-order valence-electron chi connectivity index (χ1n) is 7.00. The Morgan fingerprint density at radius 3 is 1.43 bits per heavy atom. The maximum absolute atomic E-state index is 9.75. The van der Waals surface area contributed by atoms with Gasteiger partial charge in [0.25, 0.3) is 0 Å². The van der Waals surface area contributed by atoms with E-state index in [1.54, 1.807) is 0 Å². The molecule has 0 bridgehead atoms. The molecular formula is C17H17BF4S. The van der Waals surface area contributed by atoms with Gasteiger partial charge >= 0.3 is 7.25 Å². The first-order chi connectivity index (χ1) is 10.8. The van der Waals surface area contributed by atoms with Crippen molar-refractivity contribution in [1.29, 1.82) is 0 Å². The summed E-state index contributed by atoms with van der Waals surface area (Å²) in [7, 11) is -6.13. The second-order valence-electron chi connectivity index (χ2n) is 4.83. The molecule has 0 heterocycles. The molecule has 0 spiro atoms. The number of hydrogen-bond donors (Lipinski definition) is 0. The standard InChI is InChI=1S/C17H17S.BF4/c1-15(2)13-14-18(16-9-5-3-6-10-16)17-11-7-4-8-12-17;2-1(3,4)5/h3-12,15H,1-2H3;/q+1;-1. The SMILES string of the molecule is CC(C)C#C[S+](c1ccccc1)c1ccccc1.F[B-](F)(F)F. The maximum atomic E-state index is 9.75. The summed E-state index contributed by atoms with van der Waals surface area (Å²) < 4.78 is 39.0. The number of halogens is 4. The van der Waals surface area contributed by atoms with Crippen molar-refractivity contribution >= 4 is 18.1 Å². The Balaban J connectivity index is 0.000000463. The largest absolute Gasteiger partial charge is 0.673 e. The van der Waals surface area contributed by atoms with Crippen molar-refractivity contribution in [3.8, 4) is 11.2 Å². The van der Waals surface area contributed by atoms with Crippen LogP contribution in [0.15, 0.2) is 70.5 Å². The van der Waals surface area contributed by atoms with Crippen molar-refractivity contribution in [1.82, 2.24) is 0 Å². The van der Waals surface area contributed by atoms with E-state index in [-0.39, 0.29) is 10.9 Å². The quantitative estimate of drug-likeness (QED) is 0.287. The number of benzene rings is 2. The summed E-state index contributed by atoms with van der Waals surface area (Å²) in [6.07, 6.45) is 0. The third-order valence-electron chi connectivity index (χ3n) is 2.41. The molecule has 0 saturated heterocycles. The zero-order valence-electron chi connectivity index (χ0n) is 12.8. The molecule has 122 valence electrons. The van der Waals surface area contributed by atoms with Gasteiger partial charge in [-0.2, -0.15) is 0 Å². The van der Waals surface area contributed by atoms with Crippen molar-refractivity contribution in [3.63, 3.8) is 0 Å². The van der Waals surface area contributed by atoms with Gasteiger partial charge in [-0.05, 0) is 30.2 Å². The molecule has 0 radical (unpaired) electrons. The minimum absolute atomic E-state index is 0.133. The second kappa shape index (κ2) is 9.31.